The molecule has 0 aliphatic carbocycles. The van der Waals surface area contributed by atoms with Crippen LogP contribution in [0.2, 0.25) is 0 Å². The molecule has 2 rings (SSSR count). The number of rotatable bonds is 1. The Kier molecular flexibility index (Phi) is 2.48. The van der Waals surface area contributed by atoms with Crippen LogP contribution in [0.1, 0.15) is 6.92 Å². The highest BCUT2D eigenvalue weighted by Gasteiger charge is 2.06. The molecule has 0 unspecified atom stereocenters. The van der Waals surface area contributed by atoms with Gasteiger partial charge in [-0.3, -0.25) is 4.79 Å². The topological polar surface area (TPSA) is 49.3 Å². The van der Waals surface area contributed by atoms with Crippen molar-refractivity contribution >= 4 is 22.4 Å². The Morgan fingerprint density at radius 3 is 2.75 bits per heavy atom. The first kappa shape index (κ1) is 10.4. The van der Waals surface area contributed by atoms with Crippen LogP contribution in [0.3, 0.4) is 0 Å². The molecule has 0 saturated heterocycles. The van der Waals surface area contributed by atoms with Crippen LogP contribution in [-0.2, 0) is 4.79 Å². The molecule has 0 radical (unpaired) electrons. The largest absolute Gasteiger partial charge is 0.505 e. The van der Waals surface area contributed by atoms with Gasteiger partial charge < -0.3 is 10.4 Å². The normalized spacial score (nSPS) is 10.4. The number of aromatic hydroxyl groups is 1. The van der Waals surface area contributed by atoms with Gasteiger partial charge in [-0.15, -0.1) is 0 Å². The van der Waals surface area contributed by atoms with Gasteiger partial charge in [-0.25, -0.2) is 4.39 Å². The summed E-state index contributed by atoms with van der Waals surface area (Å²) in [6, 6.07) is 7.65. The van der Waals surface area contributed by atoms with Crippen molar-refractivity contribution in [2.45, 2.75) is 6.92 Å². The smallest absolute Gasteiger partial charge is 0.221 e. The minimum atomic E-state index is -0.646. The maximum atomic E-state index is 13.5. The van der Waals surface area contributed by atoms with E-state index in [1.54, 1.807) is 18.2 Å². The van der Waals surface area contributed by atoms with Crippen molar-refractivity contribution in [3.63, 3.8) is 0 Å². The van der Waals surface area contributed by atoms with Gasteiger partial charge in [-0.2, -0.15) is 0 Å². The molecule has 0 aliphatic heterocycles. The van der Waals surface area contributed by atoms with Crippen molar-refractivity contribution < 1.29 is 14.3 Å². The van der Waals surface area contributed by atoms with E-state index in [-0.39, 0.29) is 11.7 Å². The van der Waals surface area contributed by atoms with Crippen molar-refractivity contribution in [1.82, 2.24) is 0 Å². The van der Waals surface area contributed by atoms with E-state index in [1.807, 2.05) is 0 Å². The van der Waals surface area contributed by atoms with E-state index in [4.69, 9.17) is 0 Å². The van der Waals surface area contributed by atoms with Gasteiger partial charge in [0, 0.05) is 18.0 Å². The van der Waals surface area contributed by atoms with Gasteiger partial charge in [0.1, 0.15) is 0 Å². The fourth-order valence-corrected chi connectivity index (χ4v) is 1.56. The van der Waals surface area contributed by atoms with Crippen LogP contribution in [0.25, 0.3) is 10.8 Å². The molecule has 4 heteroatoms. The summed E-state index contributed by atoms with van der Waals surface area (Å²) in [6.45, 7) is 1.40. The van der Waals surface area contributed by atoms with Crippen molar-refractivity contribution in [2.24, 2.45) is 0 Å². The Morgan fingerprint density at radius 2 is 2.06 bits per heavy atom. The first-order valence-corrected chi connectivity index (χ1v) is 4.77. The van der Waals surface area contributed by atoms with E-state index in [2.05, 4.69) is 5.32 Å². The van der Waals surface area contributed by atoms with Crippen LogP contribution in [0, 0.1) is 5.82 Å². The number of phenols is 1. The third-order valence-corrected chi connectivity index (χ3v) is 2.25. The van der Waals surface area contributed by atoms with Crippen molar-refractivity contribution in [3.8, 4) is 5.75 Å². The number of fused-ring (bicyclic) bond motifs is 1. The van der Waals surface area contributed by atoms with E-state index >= 15 is 0 Å². The van der Waals surface area contributed by atoms with Crippen molar-refractivity contribution in [2.75, 3.05) is 5.32 Å². The molecule has 82 valence electrons. The van der Waals surface area contributed by atoms with Gasteiger partial charge in [-0.1, -0.05) is 6.07 Å². The second-order valence-corrected chi connectivity index (χ2v) is 3.52. The van der Waals surface area contributed by atoms with Crippen LogP contribution in [0.15, 0.2) is 30.3 Å². The summed E-state index contributed by atoms with van der Waals surface area (Å²) in [5.41, 5.74) is 0.602. The fraction of sp³-hybridized carbons (Fsp3) is 0.0833. The van der Waals surface area contributed by atoms with Crippen LogP contribution in [0.5, 0.6) is 5.75 Å². The number of halogens is 1. The SMILES string of the molecule is CC(=O)Nc1ccc2c(F)c(O)ccc2c1. The van der Waals surface area contributed by atoms with Crippen LogP contribution >= 0.6 is 0 Å². The van der Waals surface area contributed by atoms with Gasteiger partial charge in [0.05, 0.1) is 0 Å². The number of nitrogens with one attached hydrogen (secondary N) is 1. The molecule has 3 nitrogen and oxygen atoms in total. The molecule has 0 saturated carbocycles. The highest BCUT2D eigenvalue weighted by atomic mass is 19.1. The molecule has 0 atom stereocenters. The van der Waals surface area contributed by atoms with Gasteiger partial charge in [0.25, 0.3) is 0 Å². The second-order valence-electron chi connectivity index (χ2n) is 3.52. The maximum Gasteiger partial charge on any atom is 0.221 e. The van der Waals surface area contributed by atoms with Gasteiger partial charge in [0.15, 0.2) is 11.6 Å². The lowest BCUT2D eigenvalue weighted by Gasteiger charge is -2.05. The summed E-state index contributed by atoms with van der Waals surface area (Å²) >= 11 is 0. The highest BCUT2D eigenvalue weighted by Crippen LogP contribution is 2.27. The zero-order valence-corrected chi connectivity index (χ0v) is 8.62. The maximum absolute atomic E-state index is 13.5. The summed E-state index contributed by atoms with van der Waals surface area (Å²) in [5.74, 6) is -1.20. The predicted octanol–water partition coefficient (Wildman–Crippen LogP) is 2.64. The Bertz CT molecular complexity index is 566. The molecule has 0 heterocycles. The van der Waals surface area contributed by atoms with Crippen LogP contribution < -0.4 is 5.32 Å². The average molecular weight is 219 g/mol. The zero-order chi connectivity index (χ0) is 11.7. The van der Waals surface area contributed by atoms with E-state index in [1.165, 1.54) is 19.1 Å². The third-order valence-electron chi connectivity index (χ3n) is 2.25. The summed E-state index contributed by atoms with van der Waals surface area (Å²) in [5, 5.41) is 12.7. The number of hydrogen-bond acceptors (Lipinski definition) is 2. The monoisotopic (exact) mass is 219 g/mol. The van der Waals surface area contributed by atoms with Gasteiger partial charge in [0.2, 0.25) is 5.91 Å². The lowest BCUT2D eigenvalue weighted by atomic mass is 10.1. The van der Waals surface area contributed by atoms with E-state index in [0.717, 1.165) is 0 Å². The molecule has 0 aromatic heterocycles. The Hall–Kier alpha value is -2.10. The molecule has 2 aromatic rings. The van der Waals surface area contributed by atoms with Crippen LogP contribution in [-0.4, -0.2) is 11.0 Å². The molecule has 0 spiro atoms. The number of anilines is 1. The fourth-order valence-electron chi connectivity index (χ4n) is 1.56. The molecule has 2 aromatic carbocycles. The predicted molar refractivity (Wildman–Crippen MR) is 59.9 cm³/mol. The second kappa shape index (κ2) is 3.81. The standard InChI is InChI=1S/C12H10FNO2/c1-7(15)14-9-3-4-10-8(6-9)2-5-11(16)12(10)13/h2-6,16H,1H3,(H,14,15). The quantitative estimate of drug-likeness (QED) is 0.774. The number of carbonyl (C=O) groups is 1. The van der Waals surface area contributed by atoms with Crippen molar-refractivity contribution in [3.05, 3.63) is 36.1 Å². The molecular weight excluding hydrogens is 209 g/mol. The lowest BCUT2D eigenvalue weighted by Crippen LogP contribution is -2.05. The van der Waals surface area contributed by atoms with Gasteiger partial charge >= 0.3 is 0 Å². The van der Waals surface area contributed by atoms with Crippen LogP contribution in [0.4, 0.5) is 10.1 Å². The molecule has 0 aliphatic rings. The molecular formula is C12H10FNO2. The summed E-state index contributed by atoms with van der Waals surface area (Å²) in [4.78, 5) is 10.8. The van der Waals surface area contributed by atoms with Crippen molar-refractivity contribution in [1.29, 1.82) is 0 Å². The molecule has 0 bridgehead atoms. The summed E-state index contributed by atoms with van der Waals surface area (Å²) in [6.07, 6.45) is 0. The minimum Gasteiger partial charge on any atom is -0.505 e. The molecule has 0 fully saturated rings. The van der Waals surface area contributed by atoms with E-state index in [9.17, 15) is 14.3 Å². The molecule has 2 N–H and O–H groups in total. The number of amides is 1. The first-order valence-electron chi connectivity index (χ1n) is 4.77. The average Bonchev–Trinajstić information content (AvgIpc) is 2.23. The summed E-state index contributed by atoms with van der Waals surface area (Å²) in [7, 11) is 0. The Labute approximate surface area is 91.5 Å². The molecule has 1 amide bonds. The van der Waals surface area contributed by atoms with E-state index < -0.39 is 5.82 Å². The number of benzene rings is 2. The number of hydrogen-bond donors (Lipinski definition) is 2. The lowest BCUT2D eigenvalue weighted by molar-refractivity contribution is -0.114. The Morgan fingerprint density at radius 1 is 1.31 bits per heavy atom. The number of phenolic OH excluding ortho intramolecular Hbond substituents is 1. The third kappa shape index (κ3) is 1.82. The minimum absolute atomic E-state index is 0.182. The summed E-state index contributed by atoms with van der Waals surface area (Å²) < 4.78 is 13.5. The molecule has 16 heavy (non-hydrogen) atoms. The number of carbonyl (C=O) groups excluding carboxylic acids is 1. The Balaban J connectivity index is 2.56. The zero-order valence-electron chi connectivity index (χ0n) is 8.62. The highest BCUT2D eigenvalue weighted by molar-refractivity contribution is 5.93. The van der Waals surface area contributed by atoms with E-state index in [0.29, 0.717) is 16.5 Å². The van der Waals surface area contributed by atoms with Gasteiger partial charge in [-0.05, 0) is 29.7 Å². The first-order chi connectivity index (χ1) is 7.58.